The van der Waals surface area contributed by atoms with Crippen LogP contribution in [-0.4, -0.2) is 4.98 Å². The van der Waals surface area contributed by atoms with Crippen LogP contribution in [0.4, 0.5) is 0 Å². The van der Waals surface area contributed by atoms with Gasteiger partial charge in [0.15, 0.2) is 12.0 Å². The molecule has 1 heterocycles. The summed E-state index contributed by atoms with van der Waals surface area (Å²) in [6, 6.07) is 1.62. The zero-order valence-electron chi connectivity index (χ0n) is 5.64. The molecule has 0 fully saturated rings. The Balaban J connectivity index is 2.97. The van der Waals surface area contributed by atoms with Crippen LogP contribution in [0.15, 0.2) is 21.3 Å². The molecule has 1 aromatic heterocycles. The molecular formula is C7H2BrCl2NO. The molecule has 0 amide bonds. The van der Waals surface area contributed by atoms with Crippen LogP contribution >= 0.6 is 39.1 Å². The molecule has 0 bridgehead atoms. The molecule has 0 saturated heterocycles. The van der Waals surface area contributed by atoms with Gasteiger partial charge in [-0.15, -0.1) is 0 Å². The maximum absolute atomic E-state index is 5.85. The molecule has 2 nitrogen and oxygen atoms in total. The number of aromatic nitrogens is 1. The second-order valence-electron chi connectivity index (χ2n) is 2.18. The molecule has 62 valence electrons. The third-order valence-electron chi connectivity index (χ3n) is 1.46. The first-order valence-corrected chi connectivity index (χ1v) is 4.61. The Morgan fingerprint density at radius 3 is 2.83 bits per heavy atom. The molecule has 0 aliphatic heterocycles. The number of hydrogen-bond acceptors (Lipinski definition) is 2. The van der Waals surface area contributed by atoms with Crippen LogP contribution in [-0.2, 0) is 0 Å². The van der Waals surface area contributed by atoms with Gasteiger partial charge in [-0.1, -0.05) is 23.2 Å². The maximum Gasteiger partial charge on any atom is 0.182 e. The molecule has 5 heteroatoms. The maximum atomic E-state index is 5.85. The highest BCUT2D eigenvalue weighted by Crippen LogP contribution is 2.35. The van der Waals surface area contributed by atoms with Gasteiger partial charge in [-0.25, -0.2) is 4.98 Å². The predicted molar refractivity (Wildman–Crippen MR) is 51.7 cm³/mol. The number of halogens is 3. The molecular weight excluding hydrogens is 265 g/mol. The molecule has 2 aromatic rings. The fourth-order valence-corrected chi connectivity index (χ4v) is 1.81. The zero-order chi connectivity index (χ0) is 8.72. The van der Waals surface area contributed by atoms with E-state index in [1.54, 1.807) is 6.07 Å². The average Bonchev–Trinajstić information content (AvgIpc) is 2.48. The van der Waals surface area contributed by atoms with E-state index in [2.05, 4.69) is 20.9 Å². The number of rotatable bonds is 0. The van der Waals surface area contributed by atoms with Gasteiger partial charge in [0, 0.05) is 0 Å². The summed E-state index contributed by atoms with van der Waals surface area (Å²) in [5, 5.41) is 1.01. The average molecular weight is 267 g/mol. The number of hydrogen-bond donors (Lipinski definition) is 0. The molecule has 12 heavy (non-hydrogen) atoms. The Bertz CT molecular complexity index is 440. The van der Waals surface area contributed by atoms with E-state index in [-0.39, 0.29) is 0 Å². The van der Waals surface area contributed by atoms with Crippen LogP contribution in [0.3, 0.4) is 0 Å². The van der Waals surface area contributed by atoms with Gasteiger partial charge in [-0.05, 0) is 22.0 Å². The minimum absolute atomic E-state index is 0.493. The Hall–Kier alpha value is -0.250. The lowest BCUT2D eigenvalue weighted by molar-refractivity contribution is 0.600. The first-order chi connectivity index (χ1) is 5.70. The van der Waals surface area contributed by atoms with Gasteiger partial charge in [0.25, 0.3) is 0 Å². The van der Waals surface area contributed by atoms with E-state index in [1.807, 2.05) is 0 Å². The zero-order valence-corrected chi connectivity index (χ0v) is 8.74. The van der Waals surface area contributed by atoms with E-state index in [4.69, 9.17) is 27.6 Å². The van der Waals surface area contributed by atoms with E-state index in [1.165, 1.54) is 6.39 Å². The van der Waals surface area contributed by atoms with Crippen LogP contribution in [0.1, 0.15) is 0 Å². The van der Waals surface area contributed by atoms with Crippen molar-refractivity contribution in [3.63, 3.8) is 0 Å². The highest BCUT2D eigenvalue weighted by molar-refractivity contribution is 9.10. The van der Waals surface area contributed by atoms with Crippen LogP contribution in [0.2, 0.25) is 10.0 Å². The molecule has 2 rings (SSSR count). The molecule has 0 atom stereocenters. The fraction of sp³-hybridized carbons (Fsp3) is 0. The van der Waals surface area contributed by atoms with E-state index in [0.717, 1.165) is 0 Å². The summed E-state index contributed by atoms with van der Waals surface area (Å²) in [5.41, 5.74) is 1.19. The first-order valence-electron chi connectivity index (χ1n) is 3.07. The van der Waals surface area contributed by atoms with Crippen molar-refractivity contribution < 1.29 is 4.42 Å². The van der Waals surface area contributed by atoms with E-state index >= 15 is 0 Å². The van der Waals surface area contributed by atoms with Crippen molar-refractivity contribution in [1.29, 1.82) is 0 Å². The Morgan fingerprint density at radius 2 is 2.08 bits per heavy atom. The van der Waals surface area contributed by atoms with Crippen LogP contribution in [0.5, 0.6) is 0 Å². The van der Waals surface area contributed by atoms with E-state index < -0.39 is 0 Å². The van der Waals surface area contributed by atoms with Crippen LogP contribution < -0.4 is 0 Å². The summed E-state index contributed by atoms with van der Waals surface area (Å²) in [6.45, 7) is 0. The van der Waals surface area contributed by atoms with Gasteiger partial charge >= 0.3 is 0 Å². The molecule has 0 radical (unpaired) electrons. The topological polar surface area (TPSA) is 26.0 Å². The molecule has 0 aliphatic rings. The largest absolute Gasteiger partial charge is 0.442 e. The highest BCUT2D eigenvalue weighted by atomic mass is 79.9. The SMILES string of the molecule is Clc1cc(Cl)c2ncoc2c1Br. The van der Waals surface area contributed by atoms with Gasteiger partial charge in [0.2, 0.25) is 0 Å². The standard InChI is InChI=1S/C7H2BrCl2NO/c8-5-3(9)1-4(10)6-7(5)12-2-11-6/h1-2H. The summed E-state index contributed by atoms with van der Waals surface area (Å²) >= 11 is 14.9. The van der Waals surface area contributed by atoms with Crippen molar-refractivity contribution in [2.75, 3.05) is 0 Å². The lowest BCUT2D eigenvalue weighted by Crippen LogP contribution is -1.74. The highest BCUT2D eigenvalue weighted by Gasteiger charge is 2.11. The molecule has 0 N–H and O–H groups in total. The Morgan fingerprint density at radius 1 is 1.33 bits per heavy atom. The minimum Gasteiger partial charge on any atom is -0.442 e. The van der Waals surface area contributed by atoms with Gasteiger partial charge in [0.05, 0.1) is 14.5 Å². The van der Waals surface area contributed by atoms with Crippen molar-refractivity contribution in [1.82, 2.24) is 4.98 Å². The van der Waals surface area contributed by atoms with Crippen molar-refractivity contribution in [2.24, 2.45) is 0 Å². The third kappa shape index (κ3) is 1.13. The van der Waals surface area contributed by atoms with Crippen LogP contribution in [0.25, 0.3) is 11.1 Å². The van der Waals surface area contributed by atoms with Gasteiger partial charge in [-0.2, -0.15) is 0 Å². The van der Waals surface area contributed by atoms with Crippen molar-refractivity contribution in [3.8, 4) is 0 Å². The summed E-state index contributed by atoms with van der Waals surface area (Å²) < 4.78 is 5.76. The monoisotopic (exact) mass is 265 g/mol. The molecule has 0 unspecified atom stereocenters. The third-order valence-corrected chi connectivity index (χ3v) is 3.06. The molecule has 0 spiro atoms. The lowest BCUT2D eigenvalue weighted by atomic mass is 10.3. The van der Waals surface area contributed by atoms with Gasteiger partial charge < -0.3 is 4.42 Å². The van der Waals surface area contributed by atoms with E-state index in [0.29, 0.717) is 25.6 Å². The number of fused-ring (bicyclic) bond motifs is 1. The number of oxazole rings is 1. The summed E-state index contributed by atoms with van der Waals surface area (Å²) in [5.74, 6) is 0. The summed E-state index contributed by atoms with van der Waals surface area (Å²) in [4.78, 5) is 3.93. The minimum atomic E-state index is 0.493. The first kappa shape index (κ1) is 8.35. The molecule has 0 aliphatic carbocycles. The van der Waals surface area contributed by atoms with Crippen molar-refractivity contribution in [2.45, 2.75) is 0 Å². The Kier molecular flexibility index (Phi) is 2.02. The fourth-order valence-electron chi connectivity index (χ4n) is 0.923. The summed E-state index contributed by atoms with van der Waals surface area (Å²) in [6.07, 6.45) is 1.33. The van der Waals surface area contributed by atoms with Gasteiger partial charge in [-0.3, -0.25) is 0 Å². The van der Waals surface area contributed by atoms with Crippen LogP contribution in [0, 0.1) is 0 Å². The number of nitrogens with zero attached hydrogens (tertiary/aromatic N) is 1. The second-order valence-corrected chi connectivity index (χ2v) is 3.79. The normalized spacial score (nSPS) is 10.9. The van der Waals surface area contributed by atoms with Gasteiger partial charge in [0.1, 0.15) is 5.52 Å². The quantitative estimate of drug-likeness (QED) is 0.676. The Labute approximate surface area is 86.6 Å². The second kappa shape index (κ2) is 2.91. The predicted octanol–water partition coefficient (Wildman–Crippen LogP) is 3.90. The summed E-state index contributed by atoms with van der Waals surface area (Å²) in [7, 11) is 0. The molecule has 0 saturated carbocycles. The lowest BCUT2D eigenvalue weighted by Gasteiger charge is -1.96. The smallest absolute Gasteiger partial charge is 0.182 e. The van der Waals surface area contributed by atoms with Crippen molar-refractivity contribution in [3.05, 3.63) is 27.0 Å². The number of benzene rings is 1. The molecule has 1 aromatic carbocycles. The van der Waals surface area contributed by atoms with E-state index in [9.17, 15) is 0 Å². The van der Waals surface area contributed by atoms with Crippen molar-refractivity contribution >= 4 is 50.2 Å².